The van der Waals surface area contributed by atoms with Gasteiger partial charge in [0.05, 0.1) is 5.57 Å². The third kappa shape index (κ3) is 1.04. The summed E-state index contributed by atoms with van der Waals surface area (Å²) < 4.78 is 5.00. The minimum absolute atomic E-state index is 0.163. The van der Waals surface area contributed by atoms with E-state index < -0.39 is 17.7 Å². The zero-order valence-electron chi connectivity index (χ0n) is 7.54. The van der Waals surface area contributed by atoms with Crippen LogP contribution in [0.2, 0.25) is 0 Å². The quantitative estimate of drug-likeness (QED) is 0.343. The van der Waals surface area contributed by atoms with Crippen molar-refractivity contribution in [3.8, 4) is 0 Å². The summed E-state index contributed by atoms with van der Waals surface area (Å²) in [5.41, 5.74) is 0.00845. The summed E-state index contributed by atoms with van der Waals surface area (Å²) >= 11 is 0. The summed E-state index contributed by atoms with van der Waals surface area (Å²) in [4.78, 5) is 11.1. The predicted molar refractivity (Wildman–Crippen MR) is 47.0 cm³/mol. The first kappa shape index (κ1) is 8.51. The summed E-state index contributed by atoms with van der Waals surface area (Å²) in [5, 5.41) is 10.1. The number of hydrogen-bond acceptors (Lipinski definition) is 3. The number of rotatable bonds is 0. The average molecular weight is 180 g/mol. The minimum atomic E-state index is -1.24. The SMILES string of the molecule is C=C1C(=O)O[C@@H]2CCC(C)=C[C@]12O. The van der Waals surface area contributed by atoms with Crippen molar-refractivity contribution in [2.24, 2.45) is 0 Å². The molecule has 1 fully saturated rings. The molecule has 1 heterocycles. The molecule has 0 aromatic heterocycles. The van der Waals surface area contributed by atoms with Crippen LogP contribution in [-0.4, -0.2) is 22.8 Å². The lowest BCUT2D eigenvalue weighted by molar-refractivity contribution is -0.141. The molecule has 1 N–H and O–H groups in total. The lowest BCUT2D eigenvalue weighted by Gasteiger charge is -2.29. The Morgan fingerprint density at radius 3 is 3.15 bits per heavy atom. The van der Waals surface area contributed by atoms with E-state index in [-0.39, 0.29) is 5.57 Å². The van der Waals surface area contributed by atoms with Gasteiger partial charge in [0.15, 0.2) is 5.60 Å². The molecule has 0 unspecified atom stereocenters. The number of aliphatic hydroxyl groups is 1. The van der Waals surface area contributed by atoms with Crippen LogP contribution < -0.4 is 0 Å². The number of carbonyl (C=O) groups is 1. The molecule has 1 aliphatic heterocycles. The van der Waals surface area contributed by atoms with Gasteiger partial charge in [-0.1, -0.05) is 12.2 Å². The van der Waals surface area contributed by atoms with Gasteiger partial charge in [-0.25, -0.2) is 4.79 Å². The van der Waals surface area contributed by atoms with E-state index in [1.54, 1.807) is 6.08 Å². The Morgan fingerprint density at radius 2 is 2.46 bits per heavy atom. The first-order chi connectivity index (χ1) is 6.04. The molecule has 0 aromatic rings. The second kappa shape index (κ2) is 2.45. The van der Waals surface area contributed by atoms with Gasteiger partial charge < -0.3 is 9.84 Å². The second-order valence-corrected chi connectivity index (χ2v) is 3.73. The van der Waals surface area contributed by atoms with Gasteiger partial charge in [0.25, 0.3) is 0 Å². The first-order valence-corrected chi connectivity index (χ1v) is 4.35. The van der Waals surface area contributed by atoms with Crippen molar-refractivity contribution in [3.05, 3.63) is 23.8 Å². The van der Waals surface area contributed by atoms with Crippen molar-refractivity contribution in [1.29, 1.82) is 0 Å². The molecule has 2 atom stereocenters. The van der Waals surface area contributed by atoms with Crippen LogP contribution in [0.4, 0.5) is 0 Å². The Hall–Kier alpha value is -1.09. The van der Waals surface area contributed by atoms with Crippen molar-refractivity contribution >= 4 is 5.97 Å². The van der Waals surface area contributed by atoms with Crippen LogP contribution in [0.15, 0.2) is 23.8 Å². The van der Waals surface area contributed by atoms with E-state index in [0.29, 0.717) is 6.42 Å². The fourth-order valence-electron chi connectivity index (χ4n) is 1.91. The number of fused-ring (bicyclic) bond motifs is 1. The molecule has 0 saturated carbocycles. The molecule has 1 aliphatic carbocycles. The Labute approximate surface area is 76.7 Å². The lowest BCUT2D eigenvalue weighted by atomic mass is 9.82. The predicted octanol–water partition coefficient (Wildman–Crippen LogP) is 0.939. The van der Waals surface area contributed by atoms with E-state index in [9.17, 15) is 9.90 Å². The van der Waals surface area contributed by atoms with E-state index >= 15 is 0 Å². The van der Waals surface area contributed by atoms with Crippen LogP contribution in [0.3, 0.4) is 0 Å². The molecule has 0 aromatic carbocycles. The Morgan fingerprint density at radius 1 is 1.77 bits per heavy atom. The highest BCUT2D eigenvalue weighted by molar-refractivity contribution is 5.93. The molecule has 0 radical (unpaired) electrons. The van der Waals surface area contributed by atoms with Crippen LogP contribution >= 0.6 is 0 Å². The van der Waals surface area contributed by atoms with Crippen LogP contribution in [0, 0.1) is 0 Å². The van der Waals surface area contributed by atoms with E-state index in [0.717, 1.165) is 12.0 Å². The van der Waals surface area contributed by atoms with Gasteiger partial charge >= 0.3 is 5.97 Å². The highest BCUT2D eigenvalue weighted by Crippen LogP contribution is 2.39. The number of esters is 1. The zero-order chi connectivity index (χ0) is 9.64. The molecule has 0 spiro atoms. The first-order valence-electron chi connectivity index (χ1n) is 4.35. The van der Waals surface area contributed by atoms with Gasteiger partial charge in [-0.2, -0.15) is 0 Å². The molecule has 13 heavy (non-hydrogen) atoms. The van der Waals surface area contributed by atoms with Crippen LogP contribution in [0.25, 0.3) is 0 Å². The van der Waals surface area contributed by atoms with Gasteiger partial charge in [-0.15, -0.1) is 0 Å². The Bertz CT molecular complexity index is 316. The molecule has 3 heteroatoms. The monoisotopic (exact) mass is 180 g/mol. The summed E-state index contributed by atoms with van der Waals surface area (Å²) in [6.07, 6.45) is 2.82. The number of hydrogen-bond donors (Lipinski definition) is 1. The average Bonchev–Trinajstić information content (AvgIpc) is 2.27. The minimum Gasteiger partial charge on any atom is -0.455 e. The third-order valence-corrected chi connectivity index (χ3v) is 2.74. The van der Waals surface area contributed by atoms with Gasteiger partial charge in [-0.05, 0) is 25.8 Å². The molecule has 0 amide bonds. The molecule has 3 nitrogen and oxygen atoms in total. The fourth-order valence-corrected chi connectivity index (χ4v) is 1.91. The second-order valence-electron chi connectivity index (χ2n) is 3.73. The maximum Gasteiger partial charge on any atom is 0.337 e. The molecular formula is C10H12O3. The summed E-state index contributed by atoms with van der Waals surface area (Å²) in [6.45, 7) is 5.49. The van der Waals surface area contributed by atoms with E-state index in [1.165, 1.54) is 0 Å². The summed E-state index contributed by atoms with van der Waals surface area (Å²) in [5.74, 6) is -0.474. The van der Waals surface area contributed by atoms with Crippen molar-refractivity contribution in [2.45, 2.75) is 31.5 Å². The van der Waals surface area contributed by atoms with E-state index in [2.05, 4.69) is 6.58 Å². The maximum absolute atomic E-state index is 11.1. The highest BCUT2D eigenvalue weighted by atomic mass is 16.6. The number of carbonyl (C=O) groups excluding carboxylic acids is 1. The van der Waals surface area contributed by atoms with Gasteiger partial charge in [0.2, 0.25) is 0 Å². The summed E-state index contributed by atoms with van der Waals surface area (Å²) in [7, 11) is 0. The van der Waals surface area contributed by atoms with E-state index in [1.807, 2.05) is 6.92 Å². The van der Waals surface area contributed by atoms with Crippen molar-refractivity contribution in [1.82, 2.24) is 0 Å². The molecule has 0 bridgehead atoms. The van der Waals surface area contributed by atoms with Crippen LogP contribution in [-0.2, 0) is 9.53 Å². The maximum atomic E-state index is 11.1. The van der Waals surface area contributed by atoms with Crippen molar-refractivity contribution in [3.63, 3.8) is 0 Å². The standard InChI is InChI=1S/C10H12O3/c1-6-3-4-8-10(12,5-6)7(2)9(11)13-8/h5,8,12H,2-4H2,1H3/t8-,10+/m1/s1. The summed E-state index contributed by atoms with van der Waals surface area (Å²) in [6, 6.07) is 0. The van der Waals surface area contributed by atoms with Gasteiger partial charge in [-0.3, -0.25) is 0 Å². The van der Waals surface area contributed by atoms with Crippen molar-refractivity contribution in [2.75, 3.05) is 0 Å². The van der Waals surface area contributed by atoms with Crippen LogP contribution in [0.5, 0.6) is 0 Å². The van der Waals surface area contributed by atoms with Crippen molar-refractivity contribution < 1.29 is 14.6 Å². The molecule has 2 rings (SSSR count). The zero-order valence-corrected chi connectivity index (χ0v) is 7.54. The topological polar surface area (TPSA) is 46.5 Å². The molecule has 70 valence electrons. The highest BCUT2D eigenvalue weighted by Gasteiger charge is 2.51. The lowest BCUT2D eigenvalue weighted by Crippen LogP contribution is -2.39. The normalized spacial score (nSPS) is 38.3. The number of ether oxygens (including phenoxy) is 1. The fraction of sp³-hybridized carbons (Fsp3) is 0.500. The van der Waals surface area contributed by atoms with Gasteiger partial charge in [0, 0.05) is 0 Å². The largest absolute Gasteiger partial charge is 0.455 e. The van der Waals surface area contributed by atoms with Crippen LogP contribution in [0.1, 0.15) is 19.8 Å². The smallest absolute Gasteiger partial charge is 0.337 e. The van der Waals surface area contributed by atoms with E-state index in [4.69, 9.17) is 4.74 Å². The molecular weight excluding hydrogens is 168 g/mol. The number of allylic oxidation sites excluding steroid dienone is 1. The van der Waals surface area contributed by atoms with Gasteiger partial charge in [0.1, 0.15) is 6.10 Å². The Kier molecular flexibility index (Phi) is 1.60. The third-order valence-electron chi connectivity index (χ3n) is 2.74. The molecule has 2 aliphatic rings. The Balaban J connectivity index is 2.44. The molecule has 1 saturated heterocycles.